The first-order valence-corrected chi connectivity index (χ1v) is 7.76. The molecule has 0 aromatic heterocycles. The molecule has 1 aromatic carbocycles. The fourth-order valence-corrected chi connectivity index (χ4v) is 3.34. The third-order valence-electron chi connectivity index (χ3n) is 4.47. The highest BCUT2D eigenvalue weighted by Gasteiger charge is 2.33. The van der Waals surface area contributed by atoms with Gasteiger partial charge in [-0.25, -0.2) is 0 Å². The molecule has 0 amide bonds. The maximum atomic E-state index is 9.84. The molecule has 20 heavy (non-hydrogen) atoms. The Hall–Kier alpha value is -0.900. The number of hydrogen-bond acceptors (Lipinski definition) is 3. The van der Waals surface area contributed by atoms with Gasteiger partial charge in [-0.2, -0.15) is 0 Å². The largest absolute Gasteiger partial charge is 0.396 e. The predicted molar refractivity (Wildman–Crippen MR) is 81.4 cm³/mol. The average Bonchev–Trinajstić information content (AvgIpc) is 2.49. The molecule has 112 valence electrons. The van der Waals surface area contributed by atoms with Crippen molar-refractivity contribution < 1.29 is 10.2 Å². The van der Waals surface area contributed by atoms with Crippen LogP contribution in [0.15, 0.2) is 30.3 Å². The van der Waals surface area contributed by atoms with Crippen LogP contribution in [-0.4, -0.2) is 41.4 Å². The minimum Gasteiger partial charge on any atom is -0.396 e. The second-order valence-corrected chi connectivity index (χ2v) is 6.14. The van der Waals surface area contributed by atoms with Crippen LogP contribution in [0.3, 0.4) is 0 Å². The molecule has 0 unspecified atom stereocenters. The average molecular weight is 277 g/mol. The zero-order valence-corrected chi connectivity index (χ0v) is 12.3. The Bertz CT molecular complexity index is 374. The van der Waals surface area contributed by atoms with Gasteiger partial charge in [0, 0.05) is 31.7 Å². The minimum absolute atomic E-state index is 0.0438. The molecule has 2 rings (SSSR count). The van der Waals surface area contributed by atoms with Gasteiger partial charge in [-0.05, 0) is 18.4 Å². The molecule has 1 aliphatic rings. The number of rotatable bonds is 7. The summed E-state index contributed by atoms with van der Waals surface area (Å²) in [5, 5.41) is 19.1. The standard InChI is InChI=1S/C17H27NO2/c19-12-11-18(13-16-7-3-1-4-8-16)14-17(15-20)9-5-2-6-10-17/h1,3-4,7-8,19-20H,2,5-6,9-15H2. The highest BCUT2D eigenvalue weighted by molar-refractivity contribution is 5.14. The highest BCUT2D eigenvalue weighted by atomic mass is 16.3. The Labute approximate surface area is 122 Å². The van der Waals surface area contributed by atoms with Gasteiger partial charge in [0.1, 0.15) is 0 Å². The van der Waals surface area contributed by atoms with E-state index < -0.39 is 0 Å². The summed E-state index contributed by atoms with van der Waals surface area (Å²) in [4.78, 5) is 2.29. The first-order valence-electron chi connectivity index (χ1n) is 7.76. The van der Waals surface area contributed by atoms with E-state index in [2.05, 4.69) is 29.2 Å². The third kappa shape index (κ3) is 4.30. The van der Waals surface area contributed by atoms with Crippen LogP contribution in [0.2, 0.25) is 0 Å². The van der Waals surface area contributed by atoms with Gasteiger partial charge in [-0.1, -0.05) is 49.6 Å². The summed E-state index contributed by atoms with van der Waals surface area (Å²) >= 11 is 0. The third-order valence-corrected chi connectivity index (χ3v) is 4.47. The highest BCUT2D eigenvalue weighted by Crippen LogP contribution is 2.36. The van der Waals surface area contributed by atoms with Gasteiger partial charge < -0.3 is 10.2 Å². The van der Waals surface area contributed by atoms with E-state index in [-0.39, 0.29) is 18.6 Å². The quantitative estimate of drug-likeness (QED) is 0.804. The van der Waals surface area contributed by atoms with Crippen molar-refractivity contribution in [2.75, 3.05) is 26.3 Å². The lowest BCUT2D eigenvalue weighted by Gasteiger charge is -2.40. The zero-order chi connectivity index (χ0) is 14.3. The lowest BCUT2D eigenvalue weighted by atomic mass is 9.74. The van der Waals surface area contributed by atoms with E-state index in [1.165, 1.54) is 24.8 Å². The number of hydrogen-bond donors (Lipinski definition) is 2. The minimum atomic E-state index is 0.0438. The Morgan fingerprint density at radius 2 is 1.70 bits per heavy atom. The number of aliphatic hydroxyl groups excluding tert-OH is 2. The molecule has 0 heterocycles. The summed E-state index contributed by atoms with van der Waals surface area (Å²) in [6, 6.07) is 10.4. The van der Waals surface area contributed by atoms with Crippen molar-refractivity contribution in [3.8, 4) is 0 Å². The summed E-state index contributed by atoms with van der Waals surface area (Å²) in [5.74, 6) is 0. The summed E-state index contributed by atoms with van der Waals surface area (Å²) < 4.78 is 0. The Balaban J connectivity index is 2.00. The molecule has 2 N–H and O–H groups in total. The van der Waals surface area contributed by atoms with Gasteiger partial charge in [0.25, 0.3) is 0 Å². The van der Waals surface area contributed by atoms with Crippen LogP contribution in [-0.2, 0) is 6.54 Å². The molecule has 0 bridgehead atoms. The van der Waals surface area contributed by atoms with Crippen LogP contribution in [0.1, 0.15) is 37.7 Å². The second-order valence-electron chi connectivity index (χ2n) is 6.14. The topological polar surface area (TPSA) is 43.7 Å². The first kappa shape index (κ1) is 15.5. The van der Waals surface area contributed by atoms with Crippen LogP contribution in [0.25, 0.3) is 0 Å². The maximum absolute atomic E-state index is 9.84. The van der Waals surface area contributed by atoms with E-state index in [0.717, 1.165) is 25.9 Å². The molecule has 0 saturated heterocycles. The second kappa shape index (κ2) is 7.77. The van der Waals surface area contributed by atoms with Crippen LogP contribution in [0.5, 0.6) is 0 Å². The van der Waals surface area contributed by atoms with Gasteiger partial charge in [0.05, 0.1) is 6.61 Å². The Morgan fingerprint density at radius 1 is 1.00 bits per heavy atom. The van der Waals surface area contributed by atoms with Crippen LogP contribution in [0, 0.1) is 5.41 Å². The number of aliphatic hydroxyl groups is 2. The molecule has 3 nitrogen and oxygen atoms in total. The van der Waals surface area contributed by atoms with Crippen molar-refractivity contribution >= 4 is 0 Å². The SMILES string of the molecule is OCCN(Cc1ccccc1)CC1(CO)CCCCC1. The number of benzene rings is 1. The van der Waals surface area contributed by atoms with Crippen molar-refractivity contribution in [3.05, 3.63) is 35.9 Å². The van der Waals surface area contributed by atoms with Crippen molar-refractivity contribution in [1.82, 2.24) is 4.90 Å². The van der Waals surface area contributed by atoms with E-state index in [1.54, 1.807) is 0 Å². The maximum Gasteiger partial charge on any atom is 0.0558 e. The molecule has 1 aliphatic carbocycles. The molecule has 0 radical (unpaired) electrons. The van der Waals surface area contributed by atoms with E-state index in [0.29, 0.717) is 6.54 Å². The summed E-state index contributed by atoms with van der Waals surface area (Å²) in [6.07, 6.45) is 5.96. The fourth-order valence-electron chi connectivity index (χ4n) is 3.34. The first-order chi connectivity index (χ1) is 9.78. The summed E-state index contributed by atoms with van der Waals surface area (Å²) in [7, 11) is 0. The van der Waals surface area contributed by atoms with Gasteiger partial charge in [-0.15, -0.1) is 0 Å². The molecule has 1 aromatic rings. The fraction of sp³-hybridized carbons (Fsp3) is 0.647. The monoisotopic (exact) mass is 277 g/mol. The summed E-state index contributed by atoms with van der Waals surface area (Å²) in [6.45, 7) is 2.86. The predicted octanol–water partition coefficient (Wildman–Crippen LogP) is 2.42. The van der Waals surface area contributed by atoms with E-state index in [1.807, 2.05) is 6.07 Å². The molecule has 1 saturated carbocycles. The van der Waals surface area contributed by atoms with Gasteiger partial charge >= 0.3 is 0 Å². The van der Waals surface area contributed by atoms with E-state index in [4.69, 9.17) is 0 Å². The van der Waals surface area contributed by atoms with Gasteiger partial charge in [-0.3, -0.25) is 4.90 Å². The molecule has 0 atom stereocenters. The van der Waals surface area contributed by atoms with Crippen molar-refractivity contribution in [3.63, 3.8) is 0 Å². The van der Waals surface area contributed by atoms with Crippen LogP contribution < -0.4 is 0 Å². The Morgan fingerprint density at radius 3 is 2.30 bits per heavy atom. The zero-order valence-electron chi connectivity index (χ0n) is 12.3. The summed E-state index contributed by atoms with van der Waals surface area (Å²) in [5.41, 5.74) is 1.31. The lowest BCUT2D eigenvalue weighted by molar-refractivity contribution is 0.0321. The molecular formula is C17H27NO2. The van der Waals surface area contributed by atoms with Gasteiger partial charge in [0.2, 0.25) is 0 Å². The van der Waals surface area contributed by atoms with Crippen LogP contribution in [0.4, 0.5) is 0 Å². The van der Waals surface area contributed by atoms with Crippen LogP contribution >= 0.6 is 0 Å². The molecule has 3 heteroatoms. The van der Waals surface area contributed by atoms with Crippen molar-refractivity contribution in [2.45, 2.75) is 38.6 Å². The lowest BCUT2D eigenvalue weighted by Crippen LogP contribution is -2.42. The van der Waals surface area contributed by atoms with Crippen molar-refractivity contribution in [2.24, 2.45) is 5.41 Å². The molecule has 1 fully saturated rings. The molecular weight excluding hydrogens is 250 g/mol. The molecule has 0 aliphatic heterocycles. The number of nitrogens with zero attached hydrogens (tertiary/aromatic N) is 1. The van der Waals surface area contributed by atoms with Gasteiger partial charge in [0.15, 0.2) is 0 Å². The van der Waals surface area contributed by atoms with Crippen molar-refractivity contribution in [1.29, 1.82) is 0 Å². The van der Waals surface area contributed by atoms with E-state index >= 15 is 0 Å². The molecule has 0 spiro atoms. The Kier molecular flexibility index (Phi) is 6.02. The normalized spacial score (nSPS) is 18.4. The smallest absolute Gasteiger partial charge is 0.0558 e. The van der Waals surface area contributed by atoms with E-state index in [9.17, 15) is 10.2 Å².